The second kappa shape index (κ2) is 5.62. The van der Waals surface area contributed by atoms with Gasteiger partial charge in [0.05, 0.1) is 10.7 Å². The molecule has 0 fully saturated rings. The van der Waals surface area contributed by atoms with Gasteiger partial charge in [0.25, 0.3) is 0 Å². The highest BCUT2D eigenvalue weighted by Crippen LogP contribution is 2.21. The lowest BCUT2D eigenvalue weighted by Crippen LogP contribution is -2.01. The van der Waals surface area contributed by atoms with Gasteiger partial charge in [0.15, 0.2) is 0 Å². The van der Waals surface area contributed by atoms with E-state index >= 15 is 0 Å². The van der Waals surface area contributed by atoms with E-state index in [1.807, 2.05) is 11.8 Å². The summed E-state index contributed by atoms with van der Waals surface area (Å²) >= 11 is 3.61. The van der Waals surface area contributed by atoms with Gasteiger partial charge in [0.2, 0.25) is 0 Å². The maximum atomic E-state index is 5.41. The fraction of sp³-hybridized carbons (Fsp3) is 0.667. The molecule has 0 amide bonds. The number of aromatic nitrogens is 1. The van der Waals surface area contributed by atoms with E-state index in [0.717, 1.165) is 18.1 Å². The quantitative estimate of drug-likeness (QED) is 0.768. The summed E-state index contributed by atoms with van der Waals surface area (Å²) in [7, 11) is 0. The number of thioether (sulfide) groups is 1. The van der Waals surface area contributed by atoms with Gasteiger partial charge in [-0.25, -0.2) is 4.98 Å². The van der Waals surface area contributed by atoms with Crippen LogP contribution in [0.4, 0.5) is 0 Å². The molecule has 0 saturated carbocycles. The molecule has 1 aromatic heterocycles. The van der Waals surface area contributed by atoms with Crippen LogP contribution in [0.5, 0.6) is 0 Å². The largest absolute Gasteiger partial charge is 0.330 e. The van der Waals surface area contributed by atoms with Crippen molar-refractivity contribution in [3.05, 3.63) is 16.1 Å². The summed E-state index contributed by atoms with van der Waals surface area (Å²) in [6, 6.07) is 0. The summed E-state index contributed by atoms with van der Waals surface area (Å²) in [5.74, 6) is 2.58. The molecule has 2 nitrogen and oxygen atoms in total. The Morgan fingerprint density at radius 1 is 1.62 bits per heavy atom. The third-order valence-corrected chi connectivity index (χ3v) is 3.79. The van der Waals surface area contributed by atoms with E-state index in [2.05, 4.69) is 24.2 Å². The summed E-state index contributed by atoms with van der Waals surface area (Å²) in [5.41, 5.74) is 6.61. The molecule has 1 aromatic rings. The molecule has 1 rings (SSSR count). The van der Waals surface area contributed by atoms with E-state index in [9.17, 15) is 0 Å². The van der Waals surface area contributed by atoms with Crippen LogP contribution in [0.3, 0.4) is 0 Å². The zero-order chi connectivity index (χ0) is 9.68. The first kappa shape index (κ1) is 11.0. The van der Waals surface area contributed by atoms with Crippen molar-refractivity contribution in [1.29, 1.82) is 0 Å². The van der Waals surface area contributed by atoms with Crippen LogP contribution >= 0.6 is 23.1 Å². The Hall–Kier alpha value is -0.0600. The summed E-state index contributed by atoms with van der Waals surface area (Å²) in [6.45, 7) is 5.11. The summed E-state index contributed by atoms with van der Waals surface area (Å²) in [6.07, 6.45) is 0. The molecule has 0 atom stereocenters. The van der Waals surface area contributed by atoms with Crippen molar-refractivity contribution in [2.75, 3.05) is 12.3 Å². The van der Waals surface area contributed by atoms with Gasteiger partial charge in [-0.1, -0.05) is 13.8 Å². The van der Waals surface area contributed by atoms with E-state index in [1.54, 1.807) is 11.3 Å². The number of rotatable bonds is 5. The third kappa shape index (κ3) is 3.67. The normalized spacial score (nSPS) is 11.1. The topological polar surface area (TPSA) is 38.9 Å². The molecule has 1 heterocycles. The molecular formula is C9H16N2S2. The van der Waals surface area contributed by atoms with Gasteiger partial charge in [-0.3, -0.25) is 0 Å². The number of hydrogen-bond acceptors (Lipinski definition) is 4. The lowest BCUT2D eigenvalue weighted by atomic mass is 10.2. The van der Waals surface area contributed by atoms with Gasteiger partial charge in [0.1, 0.15) is 0 Å². The van der Waals surface area contributed by atoms with Gasteiger partial charge in [-0.15, -0.1) is 11.3 Å². The van der Waals surface area contributed by atoms with Gasteiger partial charge in [-0.05, 0) is 0 Å². The molecule has 2 N–H and O–H groups in total. The summed E-state index contributed by atoms with van der Waals surface area (Å²) in [5, 5.41) is 3.39. The first-order chi connectivity index (χ1) is 6.24. The Morgan fingerprint density at radius 3 is 2.92 bits per heavy atom. The summed E-state index contributed by atoms with van der Waals surface area (Å²) in [4.78, 5) is 4.54. The van der Waals surface area contributed by atoms with E-state index < -0.39 is 0 Å². The van der Waals surface area contributed by atoms with Crippen LogP contribution in [0.1, 0.15) is 30.5 Å². The van der Waals surface area contributed by atoms with Crippen molar-refractivity contribution in [3.63, 3.8) is 0 Å². The molecule has 0 aliphatic carbocycles. The highest BCUT2D eigenvalue weighted by molar-refractivity contribution is 7.98. The standard InChI is InChI=1S/C9H16N2S2/c1-7(2)9-11-8(6-13-9)5-12-4-3-10/h6-7H,3-5,10H2,1-2H3. The Morgan fingerprint density at radius 2 is 2.38 bits per heavy atom. The van der Waals surface area contributed by atoms with E-state index in [4.69, 9.17) is 5.73 Å². The molecule has 0 spiro atoms. The molecule has 0 aliphatic rings. The van der Waals surface area contributed by atoms with Crippen molar-refractivity contribution >= 4 is 23.1 Å². The first-order valence-corrected chi connectivity index (χ1v) is 6.49. The molecular weight excluding hydrogens is 200 g/mol. The van der Waals surface area contributed by atoms with Gasteiger partial charge in [-0.2, -0.15) is 11.8 Å². The molecule has 4 heteroatoms. The van der Waals surface area contributed by atoms with Crippen molar-refractivity contribution in [2.24, 2.45) is 5.73 Å². The van der Waals surface area contributed by atoms with Crippen LogP contribution in [-0.4, -0.2) is 17.3 Å². The van der Waals surface area contributed by atoms with Crippen LogP contribution in [0.15, 0.2) is 5.38 Å². The van der Waals surface area contributed by atoms with Crippen molar-refractivity contribution in [3.8, 4) is 0 Å². The Kier molecular flexibility index (Phi) is 4.77. The fourth-order valence-electron chi connectivity index (χ4n) is 0.914. The lowest BCUT2D eigenvalue weighted by molar-refractivity contribution is 0.846. The lowest BCUT2D eigenvalue weighted by Gasteiger charge is -1.97. The number of hydrogen-bond donors (Lipinski definition) is 1. The summed E-state index contributed by atoms with van der Waals surface area (Å²) < 4.78 is 0. The maximum Gasteiger partial charge on any atom is 0.0954 e. The second-order valence-electron chi connectivity index (χ2n) is 3.17. The predicted molar refractivity (Wildman–Crippen MR) is 61.4 cm³/mol. The van der Waals surface area contributed by atoms with Gasteiger partial charge in [0, 0.05) is 29.3 Å². The molecule has 74 valence electrons. The van der Waals surface area contributed by atoms with Gasteiger partial charge >= 0.3 is 0 Å². The SMILES string of the molecule is CC(C)c1nc(CSCCN)cs1. The molecule has 0 saturated heterocycles. The molecule has 0 radical (unpaired) electrons. The molecule has 0 aliphatic heterocycles. The van der Waals surface area contributed by atoms with Crippen molar-refractivity contribution in [2.45, 2.75) is 25.5 Å². The highest BCUT2D eigenvalue weighted by Gasteiger charge is 2.04. The number of nitrogens with two attached hydrogens (primary N) is 1. The molecule has 0 bridgehead atoms. The van der Waals surface area contributed by atoms with Crippen LogP contribution in [0.2, 0.25) is 0 Å². The zero-order valence-corrected chi connectivity index (χ0v) is 9.75. The Labute approximate surface area is 87.9 Å². The average Bonchev–Trinajstić information content (AvgIpc) is 2.53. The maximum absolute atomic E-state index is 5.41. The minimum atomic E-state index is 0.554. The third-order valence-electron chi connectivity index (χ3n) is 1.58. The van der Waals surface area contributed by atoms with Crippen molar-refractivity contribution < 1.29 is 0 Å². The van der Waals surface area contributed by atoms with Crippen LogP contribution in [-0.2, 0) is 5.75 Å². The molecule has 13 heavy (non-hydrogen) atoms. The zero-order valence-electron chi connectivity index (χ0n) is 8.12. The molecule has 0 aromatic carbocycles. The van der Waals surface area contributed by atoms with E-state index in [0.29, 0.717) is 5.92 Å². The fourth-order valence-corrected chi connectivity index (χ4v) is 2.52. The average molecular weight is 216 g/mol. The Bertz CT molecular complexity index is 246. The Balaban J connectivity index is 2.40. The minimum Gasteiger partial charge on any atom is -0.330 e. The van der Waals surface area contributed by atoms with Crippen LogP contribution < -0.4 is 5.73 Å². The van der Waals surface area contributed by atoms with Gasteiger partial charge < -0.3 is 5.73 Å². The first-order valence-electron chi connectivity index (χ1n) is 4.46. The van der Waals surface area contributed by atoms with E-state index in [-0.39, 0.29) is 0 Å². The van der Waals surface area contributed by atoms with E-state index in [1.165, 1.54) is 10.7 Å². The predicted octanol–water partition coefficient (Wildman–Crippen LogP) is 2.46. The smallest absolute Gasteiger partial charge is 0.0954 e. The van der Waals surface area contributed by atoms with Crippen LogP contribution in [0, 0.1) is 0 Å². The second-order valence-corrected chi connectivity index (χ2v) is 5.17. The highest BCUT2D eigenvalue weighted by atomic mass is 32.2. The van der Waals surface area contributed by atoms with Crippen molar-refractivity contribution in [1.82, 2.24) is 4.98 Å². The van der Waals surface area contributed by atoms with Crippen LogP contribution in [0.25, 0.3) is 0 Å². The minimum absolute atomic E-state index is 0.554. The monoisotopic (exact) mass is 216 g/mol. The molecule has 0 unspecified atom stereocenters. The number of nitrogens with zero attached hydrogens (tertiary/aromatic N) is 1. The number of thiazole rings is 1.